The summed E-state index contributed by atoms with van der Waals surface area (Å²) in [7, 11) is 0. The zero-order valence-electron chi connectivity index (χ0n) is 20.1. The molecule has 1 aliphatic heterocycles. The molecule has 3 rings (SSSR count). The van der Waals surface area contributed by atoms with Crippen LogP contribution in [-0.4, -0.2) is 41.0 Å². The Morgan fingerprint density at radius 2 is 1.97 bits per heavy atom. The molecule has 2 aromatic carbocycles. The summed E-state index contributed by atoms with van der Waals surface area (Å²) in [4.78, 5) is 29.2. The van der Waals surface area contributed by atoms with Crippen molar-refractivity contribution in [1.29, 1.82) is 0 Å². The second kappa shape index (κ2) is 11.9. The highest BCUT2D eigenvalue weighted by Crippen LogP contribution is 2.34. The topological polar surface area (TPSA) is 61.9 Å². The van der Waals surface area contributed by atoms with Crippen LogP contribution in [0.25, 0.3) is 0 Å². The Bertz CT molecular complexity index is 1140. The first kappa shape index (κ1) is 27.0. The second-order valence-corrected chi connectivity index (χ2v) is 9.52. The number of carbonyl (C=O) groups excluding carboxylic acids is 2. The lowest BCUT2D eigenvalue weighted by atomic mass is 10.1. The fourth-order valence-corrected chi connectivity index (χ4v) is 4.69. The molecule has 35 heavy (non-hydrogen) atoms. The molecule has 6 nitrogen and oxygen atoms in total. The molecular formula is C26H29Cl2N3O3S. The zero-order chi connectivity index (χ0) is 25.7. The van der Waals surface area contributed by atoms with Crippen LogP contribution in [0.15, 0.2) is 43.0 Å². The third kappa shape index (κ3) is 5.97. The van der Waals surface area contributed by atoms with E-state index >= 15 is 0 Å². The van der Waals surface area contributed by atoms with E-state index in [1.807, 2.05) is 13.8 Å². The molecule has 1 saturated heterocycles. The SMILES string of the molecule is C=CCN(C(=S)Nc1c(C)cc(Cl)c(Cl)c1C)C1CC(=O)N(c2ccc(OCCCC)cc2)C1=O. The fourth-order valence-electron chi connectivity index (χ4n) is 3.93. The molecule has 186 valence electrons. The van der Waals surface area contributed by atoms with Gasteiger partial charge in [-0.15, -0.1) is 6.58 Å². The van der Waals surface area contributed by atoms with Crippen molar-refractivity contribution in [2.75, 3.05) is 23.4 Å². The Morgan fingerprint density at radius 1 is 1.29 bits per heavy atom. The average molecular weight is 535 g/mol. The number of amides is 2. The van der Waals surface area contributed by atoms with Crippen LogP contribution in [0.3, 0.4) is 0 Å². The molecule has 1 heterocycles. The van der Waals surface area contributed by atoms with Gasteiger partial charge in [0.15, 0.2) is 5.11 Å². The first-order chi connectivity index (χ1) is 16.7. The molecule has 1 fully saturated rings. The summed E-state index contributed by atoms with van der Waals surface area (Å²) in [6.45, 7) is 10.5. The number of hydrogen-bond donors (Lipinski definition) is 1. The van der Waals surface area contributed by atoms with Crippen molar-refractivity contribution in [1.82, 2.24) is 4.90 Å². The summed E-state index contributed by atoms with van der Waals surface area (Å²) in [5.74, 6) is 0.0607. The van der Waals surface area contributed by atoms with E-state index in [0.29, 0.717) is 38.9 Å². The van der Waals surface area contributed by atoms with Gasteiger partial charge in [-0.25, -0.2) is 4.90 Å². The molecule has 2 amide bonds. The van der Waals surface area contributed by atoms with Crippen molar-refractivity contribution in [2.45, 2.75) is 46.1 Å². The molecule has 9 heteroatoms. The van der Waals surface area contributed by atoms with Crippen LogP contribution < -0.4 is 15.0 Å². The normalized spacial score (nSPS) is 15.3. The Labute approximate surface area is 221 Å². The number of rotatable bonds is 9. The monoisotopic (exact) mass is 533 g/mol. The lowest BCUT2D eigenvalue weighted by Gasteiger charge is -2.30. The molecule has 0 aromatic heterocycles. The molecule has 1 atom stereocenters. The lowest BCUT2D eigenvalue weighted by Crippen LogP contribution is -2.47. The van der Waals surface area contributed by atoms with E-state index in [4.69, 9.17) is 40.2 Å². The summed E-state index contributed by atoms with van der Waals surface area (Å²) in [5, 5.41) is 4.37. The number of benzene rings is 2. The number of ether oxygens (including phenoxy) is 1. The van der Waals surface area contributed by atoms with Crippen LogP contribution in [0.5, 0.6) is 5.75 Å². The summed E-state index contributed by atoms with van der Waals surface area (Å²) < 4.78 is 5.68. The van der Waals surface area contributed by atoms with E-state index in [-0.39, 0.29) is 24.8 Å². The van der Waals surface area contributed by atoms with E-state index in [9.17, 15) is 9.59 Å². The van der Waals surface area contributed by atoms with Crippen molar-refractivity contribution in [3.63, 3.8) is 0 Å². The predicted octanol–water partition coefficient (Wildman–Crippen LogP) is 6.31. The third-order valence-electron chi connectivity index (χ3n) is 5.83. The maximum Gasteiger partial charge on any atom is 0.257 e. The number of anilines is 2. The Kier molecular flexibility index (Phi) is 9.16. The summed E-state index contributed by atoms with van der Waals surface area (Å²) in [6.07, 6.45) is 3.65. The number of halogens is 2. The van der Waals surface area contributed by atoms with Crippen LogP contribution in [-0.2, 0) is 9.59 Å². The van der Waals surface area contributed by atoms with Gasteiger partial charge in [-0.1, -0.05) is 42.6 Å². The summed E-state index contributed by atoms with van der Waals surface area (Å²) in [6, 6.07) is 7.96. The first-order valence-corrected chi connectivity index (χ1v) is 12.6. The van der Waals surface area contributed by atoms with Crippen molar-refractivity contribution in [3.8, 4) is 5.75 Å². The van der Waals surface area contributed by atoms with Gasteiger partial charge in [0.2, 0.25) is 5.91 Å². The zero-order valence-corrected chi connectivity index (χ0v) is 22.4. The van der Waals surface area contributed by atoms with Gasteiger partial charge in [-0.2, -0.15) is 0 Å². The van der Waals surface area contributed by atoms with Crippen LogP contribution in [0.2, 0.25) is 10.0 Å². The predicted molar refractivity (Wildman–Crippen MR) is 147 cm³/mol. The smallest absolute Gasteiger partial charge is 0.257 e. The van der Waals surface area contributed by atoms with E-state index in [1.54, 1.807) is 41.3 Å². The lowest BCUT2D eigenvalue weighted by molar-refractivity contribution is -0.122. The van der Waals surface area contributed by atoms with Crippen molar-refractivity contribution < 1.29 is 14.3 Å². The van der Waals surface area contributed by atoms with Crippen LogP contribution in [0.4, 0.5) is 11.4 Å². The Morgan fingerprint density at radius 3 is 2.60 bits per heavy atom. The van der Waals surface area contributed by atoms with Gasteiger partial charge in [-0.3, -0.25) is 9.59 Å². The van der Waals surface area contributed by atoms with E-state index in [1.165, 1.54) is 4.90 Å². The molecule has 2 aromatic rings. The first-order valence-electron chi connectivity index (χ1n) is 11.4. The van der Waals surface area contributed by atoms with Crippen molar-refractivity contribution in [2.24, 2.45) is 0 Å². The minimum atomic E-state index is -0.760. The third-order valence-corrected chi connectivity index (χ3v) is 7.05. The van der Waals surface area contributed by atoms with Gasteiger partial charge in [0.25, 0.3) is 5.91 Å². The number of thiocarbonyl (C=S) groups is 1. The summed E-state index contributed by atoms with van der Waals surface area (Å²) >= 11 is 18.2. The van der Waals surface area contributed by atoms with Crippen LogP contribution in [0.1, 0.15) is 37.3 Å². The number of aryl methyl sites for hydroxylation is 1. The number of carbonyl (C=O) groups is 2. The number of hydrogen-bond acceptors (Lipinski definition) is 4. The van der Waals surface area contributed by atoms with Crippen LogP contribution >= 0.6 is 35.4 Å². The molecule has 1 N–H and O–H groups in total. The molecule has 0 radical (unpaired) electrons. The molecule has 0 aliphatic carbocycles. The van der Waals surface area contributed by atoms with Crippen molar-refractivity contribution in [3.05, 3.63) is 64.2 Å². The summed E-state index contributed by atoms with van der Waals surface area (Å²) in [5.41, 5.74) is 2.81. The van der Waals surface area contributed by atoms with Gasteiger partial charge >= 0.3 is 0 Å². The van der Waals surface area contributed by atoms with Gasteiger partial charge in [0.1, 0.15) is 11.8 Å². The van der Waals surface area contributed by atoms with E-state index in [0.717, 1.165) is 24.0 Å². The highest BCUT2D eigenvalue weighted by Gasteiger charge is 2.43. The quantitative estimate of drug-likeness (QED) is 0.176. The number of imide groups is 1. The largest absolute Gasteiger partial charge is 0.494 e. The average Bonchev–Trinajstić information content (AvgIpc) is 3.12. The van der Waals surface area contributed by atoms with Gasteiger partial charge < -0.3 is 15.0 Å². The Hall–Kier alpha value is -2.61. The van der Waals surface area contributed by atoms with Gasteiger partial charge in [0.05, 0.1) is 28.8 Å². The minimum Gasteiger partial charge on any atom is -0.494 e. The highest BCUT2D eigenvalue weighted by atomic mass is 35.5. The Balaban J connectivity index is 1.80. The van der Waals surface area contributed by atoms with Crippen molar-refractivity contribution >= 4 is 63.7 Å². The highest BCUT2D eigenvalue weighted by molar-refractivity contribution is 7.80. The second-order valence-electron chi connectivity index (χ2n) is 8.34. The van der Waals surface area contributed by atoms with Crippen LogP contribution in [0, 0.1) is 13.8 Å². The standard InChI is InChI=1S/C26H29Cl2N3O3S/c1-5-7-13-34-19-10-8-18(9-11-19)31-22(32)15-21(25(31)33)30(12-6-2)26(35)29-24-16(3)14-20(27)23(28)17(24)4/h6,8-11,14,21H,2,5,7,12-13,15H2,1,3-4H3,(H,29,35). The van der Waals surface area contributed by atoms with E-state index < -0.39 is 6.04 Å². The molecule has 0 bridgehead atoms. The molecular weight excluding hydrogens is 505 g/mol. The fraction of sp³-hybridized carbons (Fsp3) is 0.346. The molecule has 1 aliphatic rings. The molecule has 0 spiro atoms. The van der Waals surface area contributed by atoms with E-state index in [2.05, 4.69) is 18.8 Å². The number of nitrogens with one attached hydrogen (secondary N) is 1. The minimum absolute atomic E-state index is 0.00256. The number of nitrogens with zero attached hydrogens (tertiary/aromatic N) is 2. The maximum atomic E-state index is 13.4. The molecule has 1 unspecified atom stereocenters. The maximum absolute atomic E-state index is 13.4. The van der Waals surface area contributed by atoms with Gasteiger partial charge in [-0.05, 0) is 73.9 Å². The number of unbranched alkanes of at least 4 members (excludes halogenated alkanes) is 1. The van der Waals surface area contributed by atoms with Gasteiger partial charge in [0, 0.05) is 12.2 Å². The molecule has 0 saturated carbocycles.